The van der Waals surface area contributed by atoms with Crippen LogP contribution in [0.2, 0.25) is 18.1 Å². The predicted octanol–water partition coefficient (Wildman–Crippen LogP) is 5.33. The summed E-state index contributed by atoms with van der Waals surface area (Å²) in [7, 11) is -5.21. The molecule has 14 heteroatoms. The summed E-state index contributed by atoms with van der Waals surface area (Å²) in [5.74, 6) is 0.965. The Balaban J connectivity index is 1.56. The Labute approximate surface area is 268 Å². The zero-order valence-corrected chi connectivity index (χ0v) is 29.7. The molecule has 1 fully saturated rings. The fourth-order valence-electron chi connectivity index (χ4n) is 5.70. The molecule has 1 heterocycles. The lowest BCUT2D eigenvalue weighted by Gasteiger charge is -2.45. The third-order valence-corrected chi connectivity index (χ3v) is 14.3. The lowest BCUT2D eigenvalue weighted by atomic mass is 10.0. The minimum atomic E-state index is -4.46. The fraction of sp³-hybridized carbons (Fsp3) is 0.645. The van der Waals surface area contributed by atoms with E-state index in [-0.39, 0.29) is 29.8 Å². The molecule has 4 atom stereocenters. The summed E-state index contributed by atoms with van der Waals surface area (Å²) in [6, 6.07) is 9.90. The van der Waals surface area contributed by atoms with Gasteiger partial charge >= 0.3 is 16.3 Å². The molecule has 1 saturated carbocycles. The SMILES string of the molecule is CO[C@H]1Cc2ccccc2[C@H]1Nc1cc(O[C@@H]2CC[C@](CN(C(=O)OC(C)(C)C)S(N)(=O)=O)(O[Si](C)(C)C(C)(C)C)C2)ncn1. The van der Waals surface area contributed by atoms with Gasteiger partial charge in [-0.05, 0) is 62.9 Å². The second kappa shape index (κ2) is 12.8. The maximum absolute atomic E-state index is 13.1. The topological polar surface area (TPSA) is 155 Å². The first-order valence-electron chi connectivity index (χ1n) is 15.3. The molecule has 3 N–H and O–H groups in total. The summed E-state index contributed by atoms with van der Waals surface area (Å²) in [4.78, 5) is 21.9. The lowest BCUT2D eigenvalue weighted by molar-refractivity contribution is 0.00647. The molecule has 45 heavy (non-hydrogen) atoms. The smallest absolute Gasteiger partial charge is 0.425 e. The van der Waals surface area contributed by atoms with Crippen LogP contribution in [0.15, 0.2) is 36.7 Å². The number of carbonyl (C=O) groups excluding carboxylic acids is 1. The van der Waals surface area contributed by atoms with Crippen LogP contribution in [0.3, 0.4) is 0 Å². The van der Waals surface area contributed by atoms with Gasteiger partial charge < -0.3 is 24.0 Å². The molecule has 1 aromatic carbocycles. The van der Waals surface area contributed by atoms with E-state index in [1.54, 1.807) is 33.9 Å². The number of aromatic nitrogens is 2. The van der Waals surface area contributed by atoms with Gasteiger partial charge in [0.25, 0.3) is 0 Å². The van der Waals surface area contributed by atoms with Crippen LogP contribution in [0.4, 0.5) is 10.6 Å². The Morgan fingerprint density at radius 1 is 1.16 bits per heavy atom. The zero-order valence-electron chi connectivity index (χ0n) is 27.9. The number of nitrogens with one attached hydrogen (secondary N) is 1. The van der Waals surface area contributed by atoms with E-state index in [9.17, 15) is 13.2 Å². The van der Waals surface area contributed by atoms with Gasteiger partial charge in [0.15, 0.2) is 8.32 Å². The molecule has 2 aliphatic rings. The van der Waals surface area contributed by atoms with Gasteiger partial charge in [0, 0.05) is 26.0 Å². The third-order valence-electron chi connectivity index (χ3n) is 8.85. The molecular formula is C31H49N5O7SSi. The minimum Gasteiger partial charge on any atom is -0.474 e. The van der Waals surface area contributed by atoms with Crippen molar-refractivity contribution in [3.63, 3.8) is 0 Å². The molecule has 1 amide bonds. The van der Waals surface area contributed by atoms with Crippen molar-refractivity contribution in [2.24, 2.45) is 5.14 Å². The molecule has 4 rings (SSSR count). The number of hydrogen-bond donors (Lipinski definition) is 2. The number of amides is 1. The molecule has 0 saturated heterocycles. The first-order valence-corrected chi connectivity index (χ1v) is 19.7. The fourth-order valence-corrected chi connectivity index (χ4v) is 8.00. The largest absolute Gasteiger partial charge is 0.474 e. The molecule has 0 unspecified atom stereocenters. The van der Waals surface area contributed by atoms with Crippen LogP contribution in [-0.2, 0) is 30.5 Å². The van der Waals surface area contributed by atoms with Crippen molar-refractivity contribution in [1.82, 2.24) is 14.3 Å². The molecule has 0 radical (unpaired) electrons. The first kappa shape index (κ1) is 35.1. The number of carbonyl (C=O) groups is 1. The van der Waals surface area contributed by atoms with E-state index in [0.717, 1.165) is 12.0 Å². The highest BCUT2D eigenvalue weighted by molar-refractivity contribution is 7.87. The van der Waals surface area contributed by atoms with E-state index in [1.165, 1.54) is 11.9 Å². The molecule has 1 aromatic heterocycles. The summed E-state index contributed by atoms with van der Waals surface area (Å²) in [6.07, 6.45) is 2.12. The molecular weight excluding hydrogens is 615 g/mol. The van der Waals surface area contributed by atoms with Crippen molar-refractivity contribution in [2.45, 2.75) is 115 Å². The van der Waals surface area contributed by atoms with Crippen molar-refractivity contribution in [1.29, 1.82) is 0 Å². The summed E-state index contributed by atoms with van der Waals surface area (Å²) in [5.41, 5.74) is 0.441. The summed E-state index contributed by atoms with van der Waals surface area (Å²) < 4.78 is 50.5. The van der Waals surface area contributed by atoms with Crippen molar-refractivity contribution >= 4 is 30.4 Å². The predicted molar refractivity (Wildman–Crippen MR) is 175 cm³/mol. The summed E-state index contributed by atoms with van der Waals surface area (Å²) in [5, 5.41) is 8.88. The Bertz CT molecular complexity index is 1480. The van der Waals surface area contributed by atoms with Crippen LogP contribution in [0.5, 0.6) is 5.88 Å². The van der Waals surface area contributed by atoms with Crippen LogP contribution in [0, 0.1) is 0 Å². The number of anilines is 1. The number of fused-ring (bicyclic) bond motifs is 1. The Morgan fingerprint density at radius 3 is 2.47 bits per heavy atom. The van der Waals surface area contributed by atoms with Gasteiger partial charge in [0.2, 0.25) is 5.88 Å². The van der Waals surface area contributed by atoms with Crippen LogP contribution < -0.4 is 15.2 Å². The number of benzene rings is 1. The highest BCUT2D eigenvalue weighted by Crippen LogP contribution is 2.45. The molecule has 0 bridgehead atoms. The molecule has 0 aliphatic heterocycles. The van der Waals surface area contributed by atoms with Crippen LogP contribution in [0.25, 0.3) is 0 Å². The van der Waals surface area contributed by atoms with Crippen molar-refractivity contribution in [3.05, 3.63) is 47.8 Å². The Kier molecular flexibility index (Phi) is 9.96. The van der Waals surface area contributed by atoms with Crippen molar-refractivity contribution in [3.8, 4) is 5.88 Å². The van der Waals surface area contributed by atoms with E-state index in [1.807, 2.05) is 12.1 Å². The molecule has 2 aliphatic carbocycles. The second-order valence-electron chi connectivity index (χ2n) is 14.6. The van der Waals surface area contributed by atoms with E-state index < -0.39 is 35.8 Å². The number of rotatable bonds is 10. The number of nitrogens with zero attached hydrogens (tertiary/aromatic N) is 3. The average molecular weight is 664 g/mol. The molecule has 12 nitrogen and oxygen atoms in total. The van der Waals surface area contributed by atoms with Gasteiger partial charge in [0.1, 0.15) is 23.9 Å². The number of methoxy groups -OCH3 is 1. The van der Waals surface area contributed by atoms with Gasteiger partial charge in [-0.1, -0.05) is 45.0 Å². The Hall–Kier alpha value is -2.78. The maximum atomic E-state index is 13.1. The van der Waals surface area contributed by atoms with Gasteiger partial charge in [0.05, 0.1) is 24.3 Å². The zero-order chi connectivity index (χ0) is 33.4. The first-order chi connectivity index (χ1) is 20.7. The maximum Gasteiger partial charge on any atom is 0.425 e. The second-order valence-corrected chi connectivity index (χ2v) is 20.8. The highest BCUT2D eigenvalue weighted by Gasteiger charge is 2.51. The van der Waals surface area contributed by atoms with Crippen LogP contribution in [-0.4, -0.2) is 74.2 Å². The standard InChI is InChI=1S/C31H49N5O7SSi/c1-29(2,3)42-28(37)36(44(32,38)39)19-31(43-45(8,9)30(4,5)6)15-14-22(18-31)41-26-17-25(33-20-34-26)35-27-23-13-11-10-12-21(23)16-24(27)40-7/h10-13,17,20,22,24,27H,14-16,18-19H2,1-9H3,(H2,32,38,39)(H,33,34,35)/t22-,24+,27-,31+/m1/s1. The third kappa shape index (κ3) is 8.53. The van der Waals surface area contributed by atoms with Gasteiger partial charge in [-0.3, -0.25) is 0 Å². The average Bonchev–Trinajstić information content (AvgIpc) is 3.45. The summed E-state index contributed by atoms with van der Waals surface area (Å²) >= 11 is 0. The summed E-state index contributed by atoms with van der Waals surface area (Å²) in [6.45, 7) is 15.2. The lowest BCUT2D eigenvalue weighted by Crippen LogP contribution is -2.57. The number of nitrogens with two attached hydrogens (primary N) is 1. The molecule has 0 spiro atoms. The van der Waals surface area contributed by atoms with E-state index in [2.05, 4.69) is 61.3 Å². The van der Waals surface area contributed by atoms with Gasteiger partial charge in [-0.2, -0.15) is 12.7 Å². The van der Waals surface area contributed by atoms with Crippen molar-refractivity contribution in [2.75, 3.05) is 19.0 Å². The van der Waals surface area contributed by atoms with Crippen LogP contribution >= 0.6 is 0 Å². The van der Waals surface area contributed by atoms with E-state index >= 15 is 0 Å². The van der Waals surface area contributed by atoms with Gasteiger partial charge in [-0.25, -0.2) is 19.9 Å². The monoisotopic (exact) mass is 663 g/mol. The Morgan fingerprint density at radius 2 is 1.84 bits per heavy atom. The highest BCUT2D eigenvalue weighted by atomic mass is 32.2. The quantitative estimate of drug-likeness (QED) is 0.319. The number of hydrogen-bond acceptors (Lipinski definition) is 10. The van der Waals surface area contributed by atoms with E-state index in [0.29, 0.717) is 35.3 Å². The normalized spacial score (nSPS) is 23.8. The van der Waals surface area contributed by atoms with Crippen LogP contribution in [0.1, 0.15) is 78.0 Å². The molecule has 2 aromatic rings. The van der Waals surface area contributed by atoms with Crippen molar-refractivity contribution < 1.29 is 31.8 Å². The number of ether oxygens (including phenoxy) is 3. The molecule has 250 valence electrons. The van der Waals surface area contributed by atoms with Gasteiger partial charge in [-0.15, -0.1) is 0 Å². The van der Waals surface area contributed by atoms with E-state index in [4.69, 9.17) is 23.8 Å². The minimum absolute atomic E-state index is 0.0450.